The van der Waals surface area contributed by atoms with Gasteiger partial charge in [-0.1, -0.05) is 55.7 Å². The van der Waals surface area contributed by atoms with Crippen molar-refractivity contribution < 1.29 is 5.11 Å². The summed E-state index contributed by atoms with van der Waals surface area (Å²) in [6.45, 7) is 0. The van der Waals surface area contributed by atoms with Gasteiger partial charge in [0.1, 0.15) is 0 Å². The zero-order valence-corrected chi connectivity index (χ0v) is 7.03. The first-order valence-corrected chi connectivity index (χ1v) is 3.95. The summed E-state index contributed by atoms with van der Waals surface area (Å²) >= 11 is 0. The summed E-state index contributed by atoms with van der Waals surface area (Å²) in [6.07, 6.45) is 4.50. The van der Waals surface area contributed by atoms with E-state index in [4.69, 9.17) is 5.11 Å². The third-order valence-electron chi connectivity index (χ3n) is 1.02. The van der Waals surface area contributed by atoms with E-state index in [0.717, 1.165) is 7.11 Å². The van der Waals surface area contributed by atoms with Crippen LogP contribution in [0.3, 0.4) is 0 Å². The Balaban J connectivity index is 0.000000169. The monoisotopic (exact) mass is 152 g/mol. The van der Waals surface area contributed by atoms with Crippen LogP contribution in [0, 0.1) is 0 Å². The molecule has 0 bridgehead atoms. The molecule has 1 aromatic carbocycles. The Morgan fingerprint density at radius 2 is 0.818 bits per heavy atom. The molecule has 0 saturated heterocycles. The molecule has 1 nitrogen and oxygen atoms in total. The summed E-state index contributed by atoms with van der Waals surface area (Å²) < 4.78 is 0. The maximum Gasteiger partial charge on any atom is 0.0319 e. The van der Waals surface area contributed by atoms with Crippen LogP contribution in [0.1, 0.15) is 19.3 Å². The summed E-state index contributed by atoms with van der Waals surface area (Å²) in [4.78, 5) is 0. The zero-order valence-electron chi connectivity index (χ0n) is 7.03. The van der Waals surface area contributed by atoms with Gasteiger partial charge in [0.2, 0.25) is 0 Å². The summed E-state index contributed by atoms with van der Waals surface area (Å²) in [6, 6.07) is 12.0. The van der Waals surface area contributed by atoms with Gasteiger partial charge >= 0.3 is 0 Å². The number of hydrogen-bond acceptors (Lipinski definition) is 1. The van der Waals surface area contributed by atoms with Gasteiger partial charge in [0, 0.05) is 7.11 Å². The van der Waals surface area contributed by atoms with Crippen LogP contribution >= 0.6 is 0 Å². The van der Waals surface area contributed by atoms with Gasteiger partial charge in [-0.3, -0.25) is 0 Å². The van der Waals surface area contributed by atoms with E-state index < -0.39 is 0 Å². The summed E-state index contributed by atoms with van der Waals surface area (Å²) in [5, 5.41) is 7.00. The first-order chi connectivity index (χ1) is 5.50. The average molecular weight is 152 g/mol. The van der Waals surface area contributed by atoms with Crippen LogP contribution in [0.15, 0.2) is 36.4 Å². The predicted octanol–water partition coefficient (Wildman–Crippen LogP) is 2.47. The Hall–Kier alpha value is -0.820. The predicted molar refractivity (Wildman–Crippen MR) is 48.4 cm³/mol. The third kappa shape index (κ3) is 12.4. The van der Waals surface area contributed by atoms with E-state index in [2.05, 4.69) is 0 Å². The van der Waals surface area contributed by atoms with Gasteiger partial charge in [0.05, 0.1) is 0 Å². The molecule has 1 aromatic rings. The van der Waals surface area contributed by atoms with Crippen molar-refractivity contribution in [2.75, 3.05) is 7.11 Å². The van der Waals surface area contributed by atoms with Crippen molar-refractivity contribution in [2.45, 2.75) is 19.3 Å². The van der Waals surface area contributed by atoms with Crippen molar-refractivity contribution in [2.24, 2.45) is 0 Å². The van der Waals surface area contributed by atoms with Crippen molar-refractivity contribution in [3.8, 4) is 0 Å². The molecule has 1 fully saturated rings. The van der Waals surface area contributed by atoms with E-state index in [0.29, 0.717) is 0 Å². The Labute approximate surface area is 68.7 Å². The van der Waals surface area contributed by atoms with E-state index in [1.165, 1.54) is 19.3 Å². The summed E-state index contributed by atoms with van der Waals surface area (Å²) in [7, 11) is 1.00. The van der Waals surface area contributed by atoms with Gasteiger partial charge in [-0.2, -0.15) is 0 Å². The van der Waals surface area contributed by atoms with Crippen LogP contribution < -0.4 is 0 Å². The summed E-state index contributed by atoms with van der Waals surface area (Å²) in [5.74, 6) is 0. The van der Waals surface area contributed by atoms with E-state index in [1.54, 1.807) is 0 Å². The van der Waals surface area contributed by atoms with Gasteiger partial charge in [-0.15, -0.1) is 0 Å². The quantitative estimate of drug-likeness (QED) is 0.605. The first kappa shape index (κ1) is 10.2. The van der Waals surface area contributed by atoms with Gasteiger partial charge in [0.25, 0.3) is 0 Å². The van der Waals surface area contributed by atoms with E-state index in [1.807, 2.05) is 36.4 Å². The van der Waals surface area contributed by atoms with Crippen molar-refractivity contribution in [1.82, 2.24) is 0 Å². The van der Waals surface area contributed by atoms with E-state index >= 15 is 0 Å². The molecule has 62 valence electrons. The van der Waals surface area contributed by atoms with Gasteiger partial charge < -0.3 is 5.11 Å². The van der Waals surface area contributed by atoms with Gasteiger partial charge in [-0.05, 0) is 0 Å². The van der Waals surface area contributed by atoms with Gasteiger partial charge in [-0.25, -0.2) is 0 Å². The van der Waals surface area contributed by atoms with Crippen molar-refractivity contribution in [1.29, 1.82) is 0 Å². The maximum absolute atomic E-state index is 7.00. The lowest BCUT2D eigenvalue weighted by atomic mass is 10.4. The summed E-state index contributed by atoms with van der Waals surface area (Å²) in [5.41, 5.74) is 0. The Morgan fingerprint density at radius 1 is 0.636 bits per heavy atom. The first-order valence-electron chi connectivity index (χ1n) is 3.95. The van der Waals surface area contributed by atoms with Crippen molar-refractivity contribution in [3.05, 3.63) is 36.4 Å². The second kappa shape index (κ2) is 9.18. The lowest BCUT2D eigenvalue weighted by Crippen LogP contribution is -1.47. The molecule has 0 atom stereocenters. The molecule has 0 aromatic heterocycles. The molecule has 1 aliphatic rings. The minimum atomic E-state index is 1.00. The highest BCUT2D eigenvalue weighted by molar-refractivity contribution is 4.99. The average Bonchev–Trinajstić information content (AvgIpc) is 2.97. The molecule has 2 rings (SSSR count). The molecule has 11 heavy (non-hydrogen) atoms. The molecular weight excluding hydrogens is 136 g/mol. The third-order valence-corrected chi connectivity index (χ3v) is 1.02. The molecule has 1 saturated carbocycles. The molecule has 0 radical (unpaired) electrons. The highest BCUT2D eigenvalue weighted by Gasteiger charge is 1.95. The fourth-order valence-electron chi connectivity index (χ4n) is 0.385. The van der Waals surface area contributed by atoms with Gasteiger partial charge in [0.15, 0.2) is 0 Å². The molecule has 1 aliphatic carbocycles. The van der Waals surface area contributed by atoms with Crippen LogP contribution in [-0.2, 0) is 0 Å². The lowest BCUT2D eigenvalue weighted by molar-refractivity contribution is 0.399. The topological polar surface area (TPSA) is 20.2 Å². The number of rotatable bonds is 0. The Bertz CT molecular complexity index is 105. The SMILES string of the molecule is C1CC1.CO.c1ccccc1. The molecular formula is C10H16O. The Kier molecular flexibility index (Phi) is 8.50. The lowest BCUT2D eigenvalue weighted by Gasteiger charge is -1.69. The molecule has 0 heterocycles. The minimum absolute atomic E-state index is 1.00. The van der Waals surface area contributed by atoms with Crippen molar-refractivity contribution in [3.63, 3.8) is 0 Å². The van der Waals surface area contributed by atoms with Crippen LogP contribution in [0.4, 0.5) is 0 Å². The molecule has 0 spiro atoms. The molecule has 0 unspecified atom stereocenters. The second-order valence-electron chi connectivity index (χ2n) is 2.22. The van der Waals surface area contributed by atoms with E-state index in [9.17, 15) is 0 Å². The fraction of sp³-hybridized carbons (Fsp3) is 0.400. The normalized spacial score (nSPS) is 11.5. The minimum Gasteiger partial charge on any atom is -0.400 e. The number of benzene rings is 1. The molecule has 1 heteroatoms. The highest BCUT2D eigenvalue weighted by atomic mass is 16.2. The van der Waals surface area contributed by atoms with Crippen molar-refractivity contribution >= 4 is 0 Å². The maximum atomic E-state index is 7.00. The number of aliphatic hydroxyl groups is 1. The van der Waals surface area contributed by atoms with Crippen LogP contribution in [0.5, 0.6) is 0 Å². The molecule has 0 aliphatic heterocycles. The second-order valence-corrected chi connectivity index (χ2v) is 2.22. The smallest absolute Gasteiger partial charge is 0.0319 e. The van der Waals surface area contributed by atoms with E-state index in [-0.39, 0.29) is 0 Å². The standard InChI is InChI=1S/C6H6.C3H6.CH4O/c1-2-4-6-5-3-1;1-2-3-1;1-2/h1-6H;1-3H2;2H,1H3. The highest BCUT2D eigenvalue weighted by Crippen LogP contribution is 2.14. The number of aliphatic hydroxyl groups excluding tert-OH is 1. The molecule has 0 amide bonds. The zero-order chi connectivity index (χ0) is 8.36. The largest absolute Gasteiger partial charge is 0.400 e. The fourth-order valence-corrected chi connectivity index (χ4v) is 0.385. The van der Waals surface area contributed by atoms with Crippen LogP contribution in [0.25, 0.3) is 0 Å². The number of hydrogen-bond donors (Lipinski definition) is 1. The Morgan fingerprint density at radius 3 is 0.909 bits per heavy atom. The molecule has 1 N–H and O–H groups in total. The van der Waals surface area contributed by atoms with Crippen LogP contribution in [-0.4, -0.2) is 12.2 Å². The van der Waals surface area contributed by atoms with Crippen LogP contribution in [0.2, 0.25) is 0 Å².